The van der Waals surface area contributed by atoms with E-state index in [-0.39, 0.29) is 36.5 Å². The van der Waals surface area contributed by atoms with Gasteiger partial charge in [-0.2, -0.15) is 0 Å². The molecule has 3 atom stereocenters. The Balaban J connectivity index is 1.31. The number of nitrogens with zero attached hydrogens (tertiary/aromatic N) is 2. The topological polar surface area (TPSA) is 91.0 Å². The Morgan fingerprint density at radius 1 is 1.25 bits per heavy atom. The first-order valence-electron chi connectivity index (χ1n) is 9.67. The molecule has 2 N–H and O–H groups in total. The highest BCUT2D eigenvalue weighted by Crippen LogP contribution is 2.30. The summed E-state index contributed by atoms with van der Waals surface area (Å²) in [5.74, 6) is -0.692. The van der Waals surface area contributed by atoms with E-state index in [0.29, 0.717) is 6.61 Å². The SMILES string of the molecule is CC1(C)NC(=O)N(CC(=O)N[C@@H]2C[C@H]3CO[C@@H](c4ccccc4)CN3C2)C1=O. The van der Waals surface area contributed by atoms with Gasteiger partial charge in [0.05, 0.1) is 12.7 Å². The summed E-state index contributed by atoms with van der Waals surface area (Å²) in [5, 5.41) is 5.56. The fourth-order valence-corrected chi connectivity index (χ4v) is 4.23. The van der Waals surface area contributed by atoms with Crippen molar-refractivity contribution < 1.29 is 19.1 Å². The molecule has 3 fully saturated rings. The van der Waals surface area contributed by atoms with Crippen LogP contribution >= 0.6 is 0 Å². The lowest BCUT2D eigenvalue weighted by Gasteiger charge is -2.35. The van der Waals surface area contributed by atoms with Gasteiger partial charge in [0.15, 0.2) is 0 Å². The zero-order valence-electron chi connectivity index (χ0n) is 16.2. The lowest BCUT2D eigenvalue weighted by atomic mass is 10.1. The average Bonchev–Trinajstić information content (AvgIpc) is 3.14. The van der Waals surface area contributed by atoms with Gasteiger partial charge in [0, 0.05) is 25.2 Å². The van der Waals surface area contributed by atoms with Crippen molar-refractivity contribution in [2.45, 2.75) is 44.0 Å². The maximum atomic E-state index is 12.4. The van der Waals surface area contributed by atoms with Crippen molar-refractivity contribution in [3.8, 4) is 0 Å². The molecule has 0 aromatic heterocycles. The molecule has 0 saturated carbocycles. The minimum Gasteiger partial charge on any atom is -0.371 e. The number of rotatable bonds is 4. The second kappa shape index (κ2) is 7.18. The van der Waals surface area contributed by atoms with Gasteiger partial charge in [0.2, 0.25) is 5.91 Å². The number of hydrogen-bond donors (Lipinski definition) is 2. The van der Waals surface area contributed by atoms with E-state index in [4.69, 9.17) is 4.74 Å². The first-order valence-corrected chi connectivity index (χ1v) is 9.67. The minimum atomic E-state index is -0.963. The van der Waals surface area contributed by atoms with E-state index in [1.807, 2.05) is 18.2 Å². The van der Waals surface area contributed by atoms with Gasteiger partial charge >= 0.3 is 6.03 Å². The van der Waals surface area contributed by atoms with Crippen LogP contribution in [0.25, 0.3) is 0 Å². The van der Waals surface area contributed by atoms with Crippen molar-refractivity contribution in [2.75, 3.05) is 26.2 Å². The summed E-state index contributed by atoms with van der Waals surface area (Å²) < 4.78 is 6.03. The first kappa shape index (κ1) is 18.9. The minimum absolute atomic E-state index is 0.00981. The third-order valence-electron chi connectivity index (χ3n) is 5.70. The van der Waals surface area contributed by atoms with Crippen molar-refractivity contribution in [3.63, 3.8) is 0 Å². The standard InChI is InChI=1S/C20H26N4O4/c1-20(2)18(26)24(19(27)22-20)11-17(25)21-14-8-15-12-28-16(10-23(15)9-14)13-6-4-3-5-7-13/h3-7,14-16H,8-12H2,1-2H3,(H,21,25)(H,22,27)/t14-,15+,16-/m1/s1. The number of amides is 4. The van der Waals surface area contributed by atoms with E-state index in [9.17, 15) is 14.4 Å². The lowest BCUT2D eigenvalue weighted by molar-refractivity contribution is -0.134. The number of morpholine rings is 1. The molecule has 3 saturated heterocycles. The third kappa shape index (κ3) is 3.62. The predicted molar refractivity (Wildman–Crippen MR) is 101 cm³/mol. The van der Waals surface area contributed by atoms with E-state index in [0.717, 1.165) is 30.0 Å². The summed E-state index contributed by atoms with van der Waals surface area (Å²) in [6.07, 6.45) is 0.846. The van der Waals surface area contributed by atoms with E-state index in [1.54, 1.807) is 13.8 Å². The molecular weight excluding hydrogens is 360 g/mol. The zero-order valence-corrected chi connectivity index (χ0v) is 16.2. The Morgan fingerprint density at radius 3 is 2.68 bits per heavy atom. The summed E-state index contributed by atoms with van der Waals surface area (Å²) in [6.45, 7) is 5.18. The van der Waals surface area contributed by atoms with Gasteiger partial charge in [-0.25, -0.2) is 4.79 Å². The van der Waals surface area contributed by atoms with Crippen LogP contribution < -0.4 is 10.6 Å². The Kier molecular flexibility index (Phi) is 4.84. The second-order valence-corrected chi connectivity index (χ2v) is 8.29. The molecule has 0 radical (unpaired) electrons. The fourth-order valence-electron chi connectivity index (χ4n) is 4.23. The van der Waals surface area contributed by atoms with Crippen LogP contribution in [0.3, 0.4) is 0 Å². The van der Waals surface area contributed by atoms with Gasteiger partial charge in [0.25, 0.3) is 5.91 Å². The van der Waals surface area contributed by atoms with Crippen molar-refractivity contribution in [2.24, 2.45) is 0 Å². The number of carbonyl (C=O) groups is 3. The van der Waals surface area contributed by atoms with Crippen LogP contribution in [0.5, 0.6) is 0 Å². The average molecular weight is 386 g/mol. The molecule has 0 spiro atoms. The van der Waals surface area contributed by atoms with Crippen molar-refractivity contribution >= 4 is 17.8 Å². The maximum Gasteiger partial charge on any atom is 0.325 e. The van der Waals surface area contributed by atoms with Crippen LogP contribution in [0, 0.1) is 0 Å². The monoisotopic (exact) mass is 386 g/mol. The Labute approximate surface area is 164 Å². The van der Waals surface area contributed by atoms with Crippen LogP contribution in [0.15, 0.2) is 30.3 Å². The normalized spacial score (nSPS) is 29.5. The zero-order chi connectivity index (χ0) is 19.9. The molecule has 3 aliphatic rings. The molecule has 150 valence electrons. The Hall–Kier alpha value is -2.45. The summed E-state index contributed by atoms with van der Waals surface area (Å²) in [5.41, 5.74) is 0.199. The summed E-state index contributed by atoms with van der Waals surface area (Å²) in [6, 6.07) is 9.89. The first-order chi connectivity index (χ1) is 13.3. The largest absolute Gasteiger partial charge is 0.371 e. The highest BCUT2D eigenvalue weighted by atomic mass is 16.5. The molecule has 4 rings (SSSR count). The highest BCUT2D eigenvalue weighted by molar-refractivity contribution is 6.08. The quantitative estimate of drug-likeness (QED) is 0.742. The van der Waals surface area contributed by atoms with Gasteiger partial charge in [-0.15, -0.1) is 0 Å². The van der Waals surface area contributed by atoms with Crippen molar-refractivity contribution in [1.82, 2.24) is 20.4 Å². The molecule has 1 aromatic rings. The van der Waals surface area contributed by atoms with Gasteiger partial charge in [0.1, 0.15) is 12.1 Å². The van der Waals surface area contributed by atoms with E-state index >= 15 is 0 Å². The van der Waals surface area contributed by atoms with Crippen LogP contribution in [0.4, 0.5) is 4.79 Å². The molecule has 3 heterocycles. The number of benzene rings is 1. The third-order valence-corrected chi connectivity index (χ3v) is 5.70. The fraction of sp³-hybridized carbons (Fsp3) is 0.550. The number of hydrogen-bond acceptors (Lipinski definition) is 5. The number of urea groups is 1. The maximum absolute atomic E-state index is 12.4. The summed E-state index contributed by atoms with van der Waals surface area (Å²) in [7, 11) is 0. The summed E-state index contributed by atoms with van der Waals surface area (Å²) >= 11 is 0. The summed E-state index contributed by atoms with van der Waals surface area (Å²) in [4.78, 5) is 39.9. The number of carbonyl (C=O) groups excluding carboxylic acids is 3. The van der Waals surface area contributed by atoms with Crippen LogP contribution in [0.2, 0.25) is 0 Å². The van der Waals surface area contributed by atoms with E-state index < -0.39 is 11.6 Å². The Morgan fingerprint density at radius 2 is 2.00 bits per heavy atom. The van der Waals surface area contributed by atoms with Crippen LogP contribution in [-0.2, 0) is 14.3 Å². The molecule has 3 aliphatic heterocycles. The number of imide groups is 1. The smallest absolute Gasteiger partial charge is 0.325 e. The van der Waals surface area contributed by atoms with E-state index in [2.05, 4.69) is 27.7 Å². The molecule has 0 bridgehead atoms. The molecule has 8 nitrogen and oxygen atoms in total. The number of ether oxygens (including phenoxy) is 1. The van der Waals surface area contributed by atoms with Crippen LogP contribution in [0.1, 0.15) is 31.9 Å². The van der Waals surface area contributed by atoms with Crippen LogP contribution in [-0.4, -0.2) is 71.5 Å². The van der Waals surface area contributed by atoms with Crippen molar-refractivity contribution in [1.29, 1.82) is 0 Å². The number of fused-ring (bicyclic) bond motifs is 1. The van der Waals surface area contributed by atoms with Gasteiger partial charge in [-0.05, 0) is 25.8 Å². The molecule has 8 heteroatoms. The highest BCUT2D eigenvalue weighted by Gasteiger charge is 2.45. The molecule has 4 amide bonds. The molecule has 0 aliphatic carbocycles. The molecule has 1 aromatic carbocycles. The second-order valence-electron chi connectivity index (χ2n) is 8.29. The van der Waals surface area contributed by atoms with Gasteiger partial charge in [-0.1, -0.05) is 30.3 Å². The number of nitrogens with one attached hydrogen (secondary N) is 2. The Bertz CT molecular complexity index is 782. The lowest BCUT2D eigenvalue weighted by Crippen LogP contribution is -2.46. The molecule has 0 unspecified atom stereocenters. The van der Waals surface area contributed by atoms with Gasteiger partial charge < -0.3 is 15.4 Å². The van der Waals surface area contributed by atoms with Gasteiger partial charge in [-0.3, -0.25) is 19.4 Å². The molecule has 28 heavy (non-hydrogen) atoms. The van der Waals surface area contributed by atoms with E-state index in [1.165, 1.54) is 0 Å². The molecular formula is C20H26N4O4. The predicted octanol–water partition coefficient (Wildman–Crippen LogP) is 0.647. The van der Waals surface area contributed by atoms with Crippen molar-refractivity contribution in [3.05, 3.63) is 35.9 Å².